The number of hydrogen-bond acceptors (Lipinski definition) is 3. The summed E-state index contributed by atoms with van der Waals surface area (Å²) in [5, 5.41) is 1.79. The van der Waals surface area contributed by atoms with Crippen LogP contribution in [0.25, 0.3) is 0 Å². The highest BCUT2D eigenvalue weighted by molar-refractivity contribution is 8.02. The molecule has 3 aromatic rings. The van der Waals surface area contributed by atoms with Gasteiger partial charge in [-0.1, -0.05) is 29.5 Å². The van der Waals surface area contributed by atoms with Gasteiger partial charge >= 0.3 is 6.36 Å². The Bertz CT molecular complexity index is 1020. The molecule has 0 spiro atoms. The Kier molecular flexibility index (Phi) is 6.95. The van der Waals surface area contributed by atoms with Crippen LogP contribution in [0.4, 0.5) is 23.2 Å². The van der Waals surface area contributed by atoms with Crippen molar-refractivity contribution in [2.75, 3.05) is 0 Å². The van der Waals surface area contributed by atoms with Crippen molar-refractivity contribution in [3.8, 4) is 5.75 Å². The van der Waals surface area contributed by atoms with Crippen molar-refractivity contribution in [1.29, 1.82) is 0 Å². The maximum absolute atomic E-state index is 13.0. The third-order valence-electron chi connectivity index (χ3n) is 3.91. The van der Waals surface area contributed by atoms with Crippen LogP contribution < -0.4 is 4.74 Å². The number of allylic oxidation sites excluding steroid dienone is 1. The molecule has 0 saturated heterocycles. The van der Waals surface area contributed by atoms with E-state index < -0.39 is 6.36 Å². The Labute approximate surface area is 175 Å². The second-order valence-corrected chi connectivity index (χ2v) is 7.26. The first-order valence-electron chi connectivity index (χ1n) is 8.89. The standard InChI is InChI=1S/C23H17F4NOS/c1-16-2-8-19(9-3-16)28-22(14-15-30-21-12-6-18(24)7-13-21)17-4-10-20(11-5-17)29-23(25,26)27/h2-15H,1H3. The summed E-state index contributed by atoms with van der Waals surface area (Å²) in [5.41, 5.74) is 2.99. The van der Waals surface area contributed by atoms with Crippen LogP contribution in [0.15, 0.2) is 94.2 Å². The molecule has 154 valence electrons. The van der Waals surface area contributed by atoms with E-state index in [0.717, 1.165) is 10.5 Å². The lowest BCUT2D eigenvalue weighted by Crippen LogP contribution is -2.17. The molecular formula is C23H17F4NOS. The van der Waals surface area contributed by atoms with E-state index in [1.165, 1.54) is 48.2 Å². The van der Waals surface area contributed by atoms with Crippen LogP contribution in [0, 0.1) is 12.7 Å². The van der Waals surface area contributed by atoms with Crippen molar-refractivity contribution in [1.82, 2.24) is 0 Å². The fraction of sp³-hybridized carbons (Fsp3) is 0.0870. The minimum atomic E-state index is -4.74. The molecule has 0 atom stereocenters. The lowest BCUT2D eigenvalue weighted by molar-refractivity contribution is -0.274. The second-order valence-electron chi connectivity index (χ2n) is 6.28. The lowest BCUT2D eigenvalue weighted by Gasteiger charge is -2.09. The molecule has 0 heterocycles. The van der Waals surface area contributed by atoms with Gasteiger partial charge in [-0.2, -0.15) is 0 Å². The quantitative estimate of drug-likeness (QED) is 0.230. The van der Waals surface area contributed by atoms with Crippen LogP contribution in [0.5, 0.6) is 5.75 Å². The van der Waals surface area contributed by atoms with Gasteiger partial charge in [-0.3, -0.25) is 0 Å². The molecule has 0 saturated carbocycles. The van der Waals surface area contributed by atoms with Crippen LogP contribution >= 0.6 is 11.8 Å². The van der Waals surface area contributed by atoms with Gasteiger partial charge in [0, 0.05) is 10.5 Å². The topological polar surface area (TPSA) is 21.6 Å². The molecule has 0 aromatic heterocycles. The minimum absolute atomic E-state index is 0.300. The normalized spacial score (nSPS) is 12.4. The monoisotopic (exact) mass is 431 g/mol. The molecular weight excluding hydrogens is 414 g/mol. The van der Waals surface area contributed by atoms with Crippen LogP contribution in [0.1, 0.15) is 11.1 Å². The smallest absolute Gasteiger partial charge is 0.406 e. The zero-order chi connectivity index (χ0) is 21.6. The highest BCUT2D eigenvalue weighted by atomic mass is 32.2. The molecule has 0 unspecified atom stereocenters. The fourth-order valence-electron chi connectivity index (χ4n) is 2.47. The molecule has 0 aliphatic heterocycles. The van der Waals surface area contributed by atoms with Gasteiger partial charge in [0.2, 0.25) is 0 Å². The van der Waals surface area contributed by atoms with Crippen molar-refractivity contribution in [2.24, 2.45) is 4.99 Å². The number of aryl methyl sites for hydroxylation is 1. The lowest BCUT2D eigenvalue weighted by atomic mass is 10.1. The molecule has 0 radical (unpaired) electrons. The molecule has 0 bridgehead atoms. The average Bonchev–Trinajstić information content (AvgIpc) is 2.70. The number of nitrogens with zero attached hydrogens (tertiary/aromatic N) is 1. The summed E-state index contributed by atoms with van der Waals surface area (Å²) in [6.45, 7) is 1.97. The summed E-state index contributed by atoms with van der Waals surface area (Å²) in [7, 11) is 0. The molecule has 3 aromatic carbocycles. The maximum Gasteiger partial charge on any atom is 0.573 e. The number of hydrogen-bond donors (Lipinski definition) is 0. The number of alkyl halides is 3. The third-order valence-corrected chi connectivity index (χ3v) is 4.73. The summed E-state index contributed by atoms with van der Waals surface area (Å²) in [6, 6.07) is 19.1. The summed E-state index contributed by atoms with van der Waals surface area (Å²) >= 11 is 1.37. The summed E-state index contributed by atoms with van der Waals surface area (Å²) < 4.78 is 54.1. The van der Waals surface area contributed by atoms with Crippen LogP contribution in [0.3, 0.4) is 0 Å². The summed E-state index contributed by atoms with van der Waals surface area (Å²) in [6.07, 6.45) is -2.99. The highest BCUT2D eigenvalue weighted by Crippen LogP contribution is 2.25. The summed E-state index contributed by atoms with van der Waals surface area (Å²) in [4.78, 5) is 5.46. The molecule has 3 rings (SSSR count). The Morgan fingerprint density at radius 2 is 1.53 bits per heavy atom. The molecule has 7 heteroatoms. The van der Waals surface area contributed by atoms with Gasteiger partial charge in [-0.05, 0) is 79.1 Å². The number of aliphatic imine (C=N–C) groups is 1. The van der Waals surface area contributed by atoms with E-state index in [0.29, 0.717) is 17.0 Å². The van der Waals surface area contributed by atoms with E-state index >= 15 is 0 Å². The fourth-order valence-corrected chi connectivity index (χ4v) is 3.12. The van der Waals surface area contributed by atoms with Gasteiger partial charge in [0.1, 0.15) is 11.6 Å². The zero-order valence-corrected chi connectivity index (χ0v) is 16.7. The predicted octanol–water partition coefficient (Wildman–Crippen LogP) is 7.46. The van der Waals surface area contributed by atoms with Crippen LogP contribution in [-0.4, -0.2) is 12.1 Å². The van der Waals surface area contributed by atoms with Gasteiger partial charge in [-0.15, -0.1) is 13.2 Å². The SMILES string of the molecule is Cc1ccc(N=C(C=CSc2ccc(F)cc2)c2ccc(OC(F)(F)F)cc2)cc1. The first kappa shape index (κ1) is 21.6. The Morgan fingerprint density at radius 3 is 2.13 bits per heavy atom. The van der Waals surface area contributed by atoms with E-state index in [9.17, 15) is 17.6 Å². The van der Waals surface area contributed by atoms with Crippen molar-refractivity contribution in [3.05, 3.63) is 101 Å². The number of rotatable bonds is 6. The summed E-state index contributed by atoms with van der Waals surface area (Å²) in [5.74, 6) is -0.614. The highest BCUT2D eigenvalue weighted by Gasteiger charge is 2.30. The van der Waals surface area contributed by atoms with Crippen molar-refractivity contribution in [2.45, 2.75) is 18.2 Å². The van der Waals surface area contributed by atoms with E-state index in [2.05, 4.69) is 9.73 Å². The molecule has 0 fully saturated rings. The van der Waals surface area contributed by atoms with E-state index in [-0.39, 0.29) is 11.6 Å². The van der Waals surface area contributed by atoms with Gasteiger partial charge in [-0.25, -0.2) is 9.38 Å². The van der Waals surface area contributed by atoms with Crippen molar-refractivity contribution in [3.63, 3.8) is 0 Å². The Balaban J connectivity index is 1.86. The van der Waals surface area contributed by atoms with Gasteiger partial charge in [0.05, 0.1) is 11.4 Å². The molecule has 2 nitrogen and oxygen atoms in total. The zero-order valence-electron chi connectivity index (χ0n) is 15.9. The van der Waals surface area contributed by atoms with Gasteiger partial charge in [0.15, 0.2) is 0 Å². The molecule has 0 aliphatic carbocycles. The minimum Gasteiger partial charge on any atom is -0.406 e. The molecule has 0 aliphatic rings. The second kappa shape index (κ2) is 9.63. The van der Waals surface area contributed by atoms with Gasteiger partial charge in [0.25, 0.3) is 0 Å². The number of ether oxygens (including phenoxy) is 1. The largest absolute Gasteiger partial charge is 0.573 e. The van der Waals surface area contributed by atoms with Gasteiger partial charge < -0.3 is 4.74 Å². The van der Waals surface area contributed by atoms with E-state index in [1.807, 2.05) is 31.2 Å². The van der Waals surface area contributed by atoms with Crippen molar-refractivity contribution >= 4 is 23.2 Å². The number of benzene rings is 3. The van der Waals surface area contributed by atoms with E-state index in [4.69, 9.17) is 0 Å². The number of halogens is 4. The average molecular weight is 431 g/mol. The Morgan fingerprint density at radius 1 is 0.900 bits per heavy atom. The third kappa shape index (κ3) is 6.77. The first-order chi connectivity index (χ1) is 14.3. The van der Waals surface area contributed by atoms with Crippen molar-refractivity contribution < 1.29 is 22.3 Å². The molecule has 0 amide bonds. The molecule has 0 N–H and O–H groups in total. The first-order valence-corrected chi connectivity index (χ1v) is 9.77. The Hall–Kier alpha value is -3.06. The maximum atomic E-state index is 13.0. The van der Waals surface area contributed by atoms with E-state index in [1.54, 1.807) is 23.6 Å². The number of thioether (sulfide) groups is 1. The molecule has 30 heavy (non-hydrogen) atoms. The van der Waals surface area contributed by atoms with Crippen LogP contribution in [-0.2, 0) is 0 Å². The predicted molar refractivity (Wildman–Crippen MR) is 112 cm³/mol. The van der Waals surface area contributed by atoms with Crippen LogP contribution in [0.2, 0.25) is 0 Å².